The van der Waals surface area contributed by atoms with Gasteiger partial charge in [0.1, 0.15) is 5.94 Å². The Bertz CT molecular complexity index is 351. The van der Waals surface area contributed by atoms with Gasteiger partial charge in [0, 0.05) is 30.5 Å². The Morgan fingerprint density at radius 3 is 2.56 bits per heavy atom. The quantitative estimate of drug-likeness (QED) is 0.594. The second-order valence-corrected chi connectivity index (χ2v) is 4.69. The molecule has 0 unspecified atom stereocenters. The zero-order valence-corrected chi connectivity index (χ0v) is 8.98. The zero-order chi connectivity index (χ0) is 11.8. The third-order valence-electron chi connectivity index (χ3n) is 3.82. The van der Waals surface area contributed by atoms with Crippen molar-refractivity contribution in [2.45, 2.75) is 31.8 Å². The molecule has 0 aromatic carbocycles. The van der Waals surface area contributed by atoms with E-state index in [9.17, 15) is 14.7 Å². The summed E-state index contributed by atoms with van der Waals surface area (Å²) in [5.74, 6) is 1.94. The van der Waals surface area contributed by atoms with Crippen LogP contribution in [-0.2, 0) is 4.79 Å². The molecule has 1 heterocycles. The highest BCUT2D eigenvalue weighted by atomic mass is 16.4. The van der Waals surface area contributed by atoms with Crippen LogP contribution in [0, 0.1) is 5.41 Å². The van der Waals surface area contributed by atoms with E-state index in [0.717, 1.165) is 0 Å². The Balaban J connectivity index is 2.12. The number of hydrogen-bond acceptors (Lipinski definition) is 3. The molecule has 0 aromatic rings. The Morgan fingerprint density at radius 2 is 2.06 bits per heavy atom. The van der Waals surface area contributed by atoms with Crippen LogP contribution in [0.4, 0.5) is 4.79 Å². The number of amides is 1. The molecule has 1 spiro atoms. The highest BCUT2D eigenvalue weighted by Crippen LogP contribution is 2.49. The summed E-state index contributed by atoms with van der Waals surface area (Å²) in [5.41, 5.74) is 0.359. The lowest BCUT2D eigenvalue weighted by atomic mass is 9.74. The van der Waals surface area contributed by atoms with Crippen LogP contribution in [0.25, 0.3) is 0 Å². The van der Waals surface area contributed by atoms with Crippen LogP contribution in [0.15, 0.2) is 5.57 Å². The van der Waals surface area contributed by atoms with Crippen molar-refractivity contribution in [2.24, 2.45) is 5.41 Å². The van der Waals surface area contributed by atoms with Crippen molar-refractivity contribution in [1.29, 1.82) is 0 Å². The molecule has 1 atom stereocenters. The second-order valence-electron chi connectivity index (χ2n) is 4.69. The number of rotatable bonds is 0. The molecule has 88 valence electrons. The SMILES string of the molecule is O=C=C1C[C@H](O)CC12CCN(C(=O)O)CC2. The van der Waals surface area contributed by atoms with Crippen LogP contribution in [0.5, 0.6) is 0 Å². The van der Waals surface area contributed by atoms with E-state index in [0.29, 0.717) is 44.3 Å². The number of aliphatic hydroxyl groups is 1. The van der Waals surface area contributed by atoms with Crippen molar-refractivity contribution in [3.8, 4) is 0 Å². The highest BCUT2D eigenvalue weighted by molar-refractivity contribution is 5.65. The van der Waals surface area contributed by atoms with Crippen LogP contribution < -0.4 is 0 Å². The first-order valence-electron chi connectivity index (χ1n) is 5.48. The second kappa shape index (κ2) is 3.92. The number of likely N-dealkylation sites (tertiary alicyclic amines) is 1. The fourth-order valence-electron chi connectivity index (χ4n) is 2.88. The molecule has 2 rings (SSSR count). The van der Waals surface area contributed by atoms with Gasteiger partial charge in [-0.15, -0.1) is 0 Å². The van der Waals surface area contributed by atoms with Gasteiger partial charge in [-0.05, 0) is 19.3 Å². The van der Waals surface area contributed by atoms with E-state index >= 15 is 0 Å². The van der Waals surface area contributed by atoms with E-state index in [1.165, 1.54) is 4.90 Å². The van der Waals surface area contributed by atoms with Crippen LogP contribution >= 0.6 is 0 Å². The van der Waals surface area contributed by atoms with Crippen LogP contribution in [-0.4, -0.2) is 46.3 Å². The number of carboxylic acid groups (broad SMARTS) is 1. The standard InChI is InChI=1S/C11H15NO4/c13-7-8-5-9(14)6-11(8)1-3-12(4-2-11)10(15)16/h9,14H,1-6H2,(H,15,16)/t9-/m0/s1. The molecule has 1 aliphatic heterocycles. The van der Waals surface area contributed by atoms with Crippen molar-refractivity contribution < 1.29 is 19.8 Å². The maximum Gasteiger partial charge on any atom is 0.407 e. The molecule has 0 aromatic heterocycles. The van der Waals surface area contributed by atoms with Gasteiger partial charge >= 0.3 is 6.09 Å². The lowest BCUT2D eigenvalue weighted by molar-refractivity contribution is 0.0917. The summed E-state index contributed by atoms with van der Waals surface area (Å²) in [6.07, 6.45) is 0.849. The lowest BCUT2D eigenvalue weighted by Gasteiger charge is -2.38. The normalized spacial score (nSPS) is 28.2. The van der Waals surface area contributed by atoms with Crippen molar-refractivity contribution in [1.82, 2.24) is 4.90 Å². The molecular weight excluding hydrogens is 210 g/mol. The average Bonchev–Trinajstić information content (AvgIpc) is 2.55. The van der Waals surface area contributed by atoms with Gasteiger partial charge in [-0.2, -0.15) is 0 Å². The van der Waals surface area contributed by atoms with Gasteiger partial charge in [0.15, 0.2) is 0 Å². The van der Waals surface area contributed by atoms with E-state index in [-0.39, 0.29) is 5.41 Å². The van der Waals surface area contributed by atoms with E-state index in [1.807, 2.05) is 5.94 Å². The molecule has 1 saturated carbocycles. The Labute approximate surface area is 93.4 Å². The minimum absolute atomic E-state index is 0.285. The van der Waals surface area contributed by atoms with Gasteiger partial charge in [-0.1, -0.05) is 0 Å². The number of carbonyl (C=O) groups excluding carboxylic acids is 1. The molecule has 1 aliphatic carbocycles. The first-order chi connectivity index (χ1) is 7.57. The van der Waals surface area contributed by atoms with Gasteiger partial charge < -0.3 is 15.1 Å². The monoisotopic (exact) mass is 225 g/mol. The molecule has 16 heavy (non-hydrogen) atoms. The first kappa shape index (κ1) is 11.2. The van der Waals surface area contributed by atoms with Crippen molar-refractivity contribution in [3.63, 3.8) is 0 Å². The summed E-state index contributed by atoms with van der Waals surface area (Å²) in [4.78, 5) is 23.0. The predicted molar refractivity (Wildman–Crippen MR) is 55.7 cm³/mol. The number of nitrogens with zero attached hydrogens (tertiary/aromatic N) is 1. The minimum atomic E-state index is -0.912. The molecular formula is C11H15NO4. The van der Waals surface area contributed by atoms with Crippen molar-refractivity contribution in [3.05, 3.63) is 5.57 Å². The molecule has 1 amide bonds. The Hall–Kier alpha value is -1.32. The van der Waals surface area contributed by atoms with Crippen molar-refractivity contribution >= 4 is 12.0 Å². The fraction of sp³-hybridized carbons (Fsp3) is 0.727. The molecule has 2 fully saturated rings. The molecule has 1 saturated heterocycles. The van der Waals surface area contributed by atoms with Crippen LogP contribution in [0.1, 0.15) is 25.7 Å². The molecule has 5 nitrogen and oxygen atoms in total. The van der Waals surface area contributed by atoms with Gasteiger partial charge in [-0.3, -0.25) is 0 Å². The Morgan fingerprint density at radius 1 is 1.44 bits per heavy atom. The summed E-state index contributed by atoms with van der Waals surface area (Å²) >= 11 is 0. The molecule has 2 N–H and O–H groups in total. The number of piperidine rings is 1. The summed E-state index contributed by atoms with van der Waals surface area (Å²) < 4.78 is 0. The maximum absolute atomic E-state index is 10.8. The predicted octanol–water partition coefficient (Wildman–Crippen LogP) is 0.659. The van der Waals surface area contributed by atoms with Crippen LogP contribution in [0.3, 0.4) is 0 Å². The molecule has 0 bridgehead atoms. The van der Waals surface area contributed by atoms with Gasteiger partial charge in [0.25, 0.3) is 0 Å². The summed E-state index contributed by atoms with van der Waals surface area (Å²) in [6.45, 7) is 0.875. The van der Waals surface area contributed by atoms with E-state index in [2.05, 4.69) is 0 Å². The zero-order valence-electron chi connectivity index (χ0n) is 8.98. The topological polar surface area (TPSA) is 77.8 Å². The molecule has 0 radical (unpaired) electrons. The van der Waals surface area contributed by atoms with Gasteiger partial charge in [-0.25, -0.2) is 9.59 Å². The van der Waals surface area contributed by atoms with Gasteiger partial charge in [0.05, 0.1) is 6.10 Å². The average molecular weight is 225 g/mol. The first-order valence-corrected chi connectivity index (χ1v) is 5.48. The molecule has 2 aliphatic rings. The van der Waals surface area contributed by atoms with E-state index in [1.54, 1.807) is 0 Å². The molecule has 5 heteroatoms. The number of aliphatic hydroxyl groups excluding tert-OH is 1. The lowest BCUT2D eigenvalue weighted by Crippen LogP contribution is -2.42. The van der Waals surface area contributed by atoms with E-state index in [4.69, 9.17) is 5.11 Å². The number of hydrogen-bond donors (Lipinski definition) is 2. The third kappa shape index (κ3) is 1.72. The largest absolute Gasteiger partial charge is 0.465 e. The van der Waals surface area contributed by atoms with Crippen molar-refractivity contribution in [2.75, 3.05) is 13.1 Å². The third-order valence-corrected chi connectivity index (χ3v) is 3.82. The number of carbonyl (C=O) groups is 1. The summed E-state index contributed by atoms with van der Waals surface area (Å²) in [7, 11) is 0. The minimum Gasteiger partial charge on any atom is -0.465 e. The van der Waals surface area contributed by atoms with Crippen LogP contribution in [0.2, 0.25) is 0 Å². The maximum atomic E-state index is 10.8. The fourth-order valence-corrected chi connectivity index (χ4v) is 2.88. The van der Waals surface area contributed by atoms with Gasteiger partial charge in [0.2, 0.25) is 0 Å². The van der Waals surface area contributed by atoms with E-state index < -0.39 is 12.2 Å². The Kier molecular flexibility index (Phi) is 2.74. The highest BCUT2D eigenvalue weighted by Gasteiger charge is 2.46. The summed E-state index contributed by atoms with van der Waals surface area (Å²) in [6, 6.07) is 0. The summed E-state index contributed by atoms with van der Waals surface area (Å²) in [5, 5.41) is 18.4. The smallest absolute Gasteiger partial charge is 0.407 e.